The van der Waals surface area contributed by atoms with E-state index in [0.29, 0.717) is 12.4 Å². The molecular formula is C14H15N3O2S. The Morgan fingerprint density at radius 2 is 2.05 bits per heavy atom. The Morgan fingerprint density at radius 3 is 2.75 bits per heavy atom. The molecule has 0 unspecified atom stereocenters. The Bertz CT molecular complexity index is 587. The number of nitro groups is 1. The van der Waals surface area contributed by atoms with Gasteiger partial charge >= 0.3 is 5.69 Å². The van der Waals surface area contributed by atoms with Crippen LogP contribution in [0.2, 0.25) is 0 Å². The number of anilines is 1. The summed E-state index contributed by atoms with van der Waals surface area (Å²) in [5, 5.41) is 13.8. The molecule has 0 aliphatic carbocycles. The van der Waals surface area contributed by atoms with Crippen LogP contribution in [0.15, 0.2) is 47.5 Å². The SMILES string of the molecule is Cc1ccc(SCCNc2ncccc2[N+](=O)[O-])cc1. The average Bonchev–Trinajstić information content (AvgIpc) is 2.46. The highest BCUT2D eigenvalue weighted by atomic mass is 32.2. The first kappa shape index (κ1) is 14.3. The van der Waals surface area contributed by atoms with Crippen LogP contribution >= 0.6 is 11.8 Å². The molecule has 0 aliphatic rings. The van der Waals surface area contributed by atoms with E-state index in [1.165, 1.54) is 16.5 Å². The van der Waals surface area contributed by atoms with Gasteiger partial charge in [0.05, 0.1) is 4.92 Å². The third-order valence-corrected chi connectivity index (χ3v) is 3.68. The van der Waals surface area contributed by atoms with E-state index in [2.05, 4.69) is 41.5 Å². The van der Waals surface area contributed by atoms with E-state index < -0.39 is 4.92 Å². The highest BCUT2D eigenvalue weighted by molar-refractivity contribution is 7.99. The van der Waals surface area contributed by atoms with Gasteiger partial charge in [0.25, 0.3) is 0 Å². The molecule has 0 fully saturated rings. The van der Waals surface area contributed by atoms with Crippen LogP contribution in [0.3, 0.4) is 0 Å². The summed E-state index contributed by atoms with van der Waals surface area (Å²) in [6.45, 7) is 2.67. The lowest BCUT2D eigenvalue weighted by Gasteiger charge is -2.06. The van der Waals surface area contributed by atoms with Gasteiger partial charge in [0.1, 0.15) is 0 Å². The van der Waals surface area contributed by atoms with Crippen LogP contribution in [-0.2, 0) is 0 Å². The van der Waals surface area contributed by atoms with Crippen LogP contribution in [-0.4, -0.2) is 22.2 Å². The Hall–Kier alpha value is -2.08. The predicted molar refractivity (Wildman–Crippen MR) is 81.3 cm³/mol. The summed E-state index contributed by atoms with van der Waals surface area (Å²) in [6, 6.07) is 11.3. The van der Waals surface area contributed by atoms with Crippen molar-refractivity contribution in [2.45, 2.75) is 11.8 Å². The highest BCUT2D eigenvalue weighted by Crippen LogP contribution is 2.21. The molecule has 0 saturated carbocycles. The van der Waals surface area contributed by atoms with Gasteiger partial charge in [0.15, 0.2) is 0 Å². The predicted octanol–water partition coefficient (Wildman–Crippen LogP) is 3.50. The van der Waals surface area contributed by atoms with Crippen molar-refractivity contribution in [3.63, 3.8) is 0 Å². The summed E-state index contributed by atoms with van der Waals surface area (Å²) < 4.78 is 0. The van der Waals surface area contributed by atoms with Gasteiger partial charge < -0.3 is 5.32 Å². The highest BCUT2D eigenvalue weighted by Gasteiger charge is 2.12. The van der Waals surface area contributed by atoms with Crippen molar-refractivity contribution >= 4 is 23.3 Å². The number of aryl methyl sites for hydroxylation is 1. The lowest BCUT2D eigenvalue weighted by molar-refractivity contribution is -0.384. The second kappa shape index (κ2) is 6.91. The minimum absolute atomic E-state index is 0.00726. The zero-order valence-corrected chi connectivity index (χ0v) is 11.9. The summed E-state index contributed by atoms with van der Waals surface area (Å²) in [6.07, 6.45) is 1.54. The summed E-state index contributed by atoms with van der Waals surface area (Å²) in [5.74, 6) is 1.14. The number of hydrogen-bond donors (Lipinski definition) is 1. The largest absolute Gasteiger partial charge is 0.364 e. The fourth-order valence-electron chi connectivity index (χ4n) is 1.65. The molecule has 6 heteroatoms. The van der Waals surface area contributed by atoms with Crippen LogP contribution in [0.4, 0.5) is 11.5 Å². The molecule has 0 atom stereocenters. The van der Waals surface area contributed by atoms with Gasteiger partial charge in [0.2, 0.25) is 5.82 Å². The van der Waals surface area contributed by atoms with Crippen LogP contribution in [0.5, 0.6) is 0 Å². The maximum absolute atomic E-state index is 10.8. The van der Waals surface area contributed by atoms with Gasteiger partial charge in [-0.3, -0.25) is 10.1 Å². The molecule has 1 aromatic heterocycles. The minimum atomic E-state index is -0.428. The Labute approximate surface area is 121 Å². The van der Waals surface area contributed by atoms with Gasteiger partial charge in [-0.25, -0.2) is 4.98 Å². The molecule has 0 radical (unpaired) electrons. The fourth-order valence-corrected chi connectivity index (χ4v) is 2.42. The number of nitrogens with zero attached hydrogens (tertiary/aromatic N) is 2. The summed E-state index contributed by atoms with van der Waals surface area (Å²) >= 11 is 1.70. The topological polar surface area (TPSA) is 68.1 Å². The first-order valence-electron chi connectivity index (χ1n) is 6.19. The van der Waals surface area contributed by atoms with Crippen LogP contribution in [0.25, 0.3) is 0 Å². The molecule has 0 saturated heterocycles. The molecule has 1 heterocycles. The van der Waals surface area contributed by atoms with Crippen molar-refractivity contribution < 1.29 is 4.92 Å². The van der Waals surface area contributed by atoms with Crippen molar-refractivity contribution in [3.8, 4) is 0 Å². The number of benzene rings is 1. The maximum atomic E-state index is 10.8. The molecule has 0 bridgehead atoms. The summed E-state index contributed by atoms with van der Waals surface area (Å²) in [7, 11) is 0. The van der Waals surface area contributed by atoms with Crippen molar-refractivity contribution in [3.05, 3.63) is 58.3 Å². The van der Waals surface area contributed by atoms with Gasteiger partial charge in [-0.2, -0.15) is 0 Å². The van der Waals surface area contributed by atoms with Crippen molar-refractivity contribution in [1.29, 1.82) is 0 Å². The van der Waals surface area contributed by atoms with E-state index in [4.69, 9.17) is 0 Å². The molecule has 1 N–H and O–H groups in total. The van der Waals surface area contributed by atoms with E-state index in [1.54, 1.807) is 24.0 Å². The van der Waals surface area contributed by atoms with E-state index in [1.807, 2.05) is 0 Å². The fraction of sp³-hybridized carbons (Fsp3) is 0.214. The smallest absolute Gasteiger partial charge is 0.311 e. The van der Waals surface area contributed by atoms with Gasteiger partial charge in [-0.05, 0) is 25.1 Å². The molecule has 0 spiro atoms. The van der Waals surface area contributed by atoms with Crippen molar-refractivity contribution in [1.82, 2.24) is 4.98 Å². The quantitative estimate of drug-likeness (QED) is 0.381. The maximum Gasteiger partial charge on any atom is 0.311 e. The van der Waals surface area contributed by atoms with Crippen LogP contribution in [0, 0.1) is 17.0 Å². The van der Waals surface area contributed by atoms with Crippen LogP contribution in [0.1, 0.15) is 5.56 Å². The monoisotopic (exact) mass is 289 g/mol. The molecule has 2 rings (SSSR count). The van der Waals surface area contributed by atoms with E-state index in [9.17, 15) is 10.1 Å². The minimum Gasteiger partial charge on any atom is -0.364 e. The van der Waals surface area contributed by atoms with Crippen molar-refractivity contribution in [2.75, 3.05) is 17.6 Å². The van der Waals surface area contributed by atoms with E-state index in [0.717, 1.165) is 5.75 Å². The molecule has 0 aliphatic heterocycles. The Balaban J connectivity index is 1.84. The molecule has 20 heavy (non-hydrogen) atoms. The second-order valence-corrected chi connectivity index (χ2v) is 5.38. The normalized spacial score (nSPS) is 10.2. The Kier molecular flexibility index (Phi) is 4.95. The Morgan fingerprint density at radius 1 is 1.30 bits per heavy atom. The van der Waals surface area contributed by atoms with E-state index >= 15 is 0 Å². The van der Waals surface area contributed by atoms with E-state index in [-0.39, 0.29) is 5.69 Å². The number of aromatic nitrogens is 1. The molecular weight excluding hydrogens is 274 g/mol. The molecule has 0 amide bonds. The van der Waals surface area contributed by atoms with Gasteiger partial charge in [0, 0.05) is 29.5 Å². The van der Waals surface area contributed by atoms with Gasteiger partial charge in [-0.1, -0.05) is 17.7 Å². The van der Waals surface area contributed by atoms with Crippen molar-refractivity contribution in [2.24, 2.45) is 0 Å². The average molecular weight is 289 g/mol. The second-order valence-electron chi connectivity index (χ2n) is 4.22. The molecule has 1 aromatic carbocycles. The lowest BCUT2D eigenvalue weighted by Crippen LogP contribution is -2.07. The third kappa shape index (κ3) is 3.96. The first-order valence-corrected chi connectivity index (χ1v) is 7.18. The number of thioether (sulfide) groups is 1. The molecule has 5 nitrogen and oxygen atoms in total. The zero-order valence-electron chi connectivity index (χ0n) is 11.1. The van der Waals surface area contributed by atoms with Gasteiger partial charge in [-0.15, -0.1) is 11.8 Å². The first-order chi connectivity index (χ1) is 9.66. The summed E-state index contributed by atoms with van der Waals surface area (Å²) in [5.41, 5.74) is 1.24. The third-order valence-electron chi connectivity index (χ3n) is 2.67. The lowest BCUT2D eigenvalue weighted by atomic mass is 10.2. The number of pyridine rings is 1. The summed E-state index contributed by atoms with van der Waals surface area (Å²) in [4.78, 5) is 15.6. The number of nitrogens with one attached hydrogen (secondary N) is 1. The van der Waals surface area contributed by atoms with Crippen LogP contribution < -0.4 is 5.32 Å². The zero-order chi connectivity index (χ0) is 14.4. The molecule has 104 valence electrons. The standard InChI is InChI=1S/C14H15N3O2S/c1-11-4-6-12(7-5-11)20-10-9-16-14-13(17(18)19)3-2-8-15-14/h2-8H,9-10H2,1H3,(H,15,16). The number of rotatable bonds is 6. The number of hydrogen-bond acceptors (Lipinski definition) is 5. The molecule has 2 aromatic rings.